The molecule has 0 aliphatic carbocycles. The maximum Gasteiger partial charge on any atom is 0.203 e. The number of fused-ring (bicyclic) bond motifs is 1. The average molecular weight is 464 g/mol. The molecule has 1 aliphatic rings. The van der Waals surface area contributed by atoms with Gasteiger partial charge in [-0.1, -0.05) is 6.07 Å². The van der Waals surface area contributed by atoms with Crippen LogP contribution in [-0.4, -0.2) is 67.8 Å². The molecule has 0 amide bonds. The van der Waals surface area contributed by atoms with Gasteiger partial charge in [0.1, 0.15) is 22.8 Å². The van der Waals surface area contributed by atoms with Gasteiger partial charge in [0, 0.05) is 40.6 Å². The Morgan fingerprint density at radius 3 is 2.09 bits per heavy atom. The fraction of sp³-hybridized carbons (Fsp3) is 0.435. The number of methoxy groups -OCH3 is 5. The van der Waals surface area contributed by atoms with E-state index in [0.29, 0.717) is 22.8 Å². The van der Waals surface area contributed by atoms with Crippen molar-refractivity contribution in [3.63, 3.8) is 0 Å². The number of benzene rings is 2. The highest BCUT2D eigenvalue weighted by Gasteiger charge is 2.41. The van der Waals surface area contributed by atoms with Crippen LogP contribution in [0.3, 0.4) is 0 Å². The number of rotatable bonds is 12. The Kier molecular flexibility index (Phi) is 8.72. The molecule has 10 nitrogen and oxygen atoms in total. The van der Waals surface area contributed by atoms with Crippen molar-refractivity contribution >= 4 is 5.78 Å². The minimum Gasteiger partial charge on any atom is -0.493 e. The van der Waals surface area contributed by atoms with Crippen molar-refractivity contribution in [3.05, 3.63) is 41.5 Å². The molecule has 0 saturated carbocycles. The summed E-state index contributed by atoms with van der Waals surface area (Å²) in [6.45, 7) is 0.0199. The maximum atomic E-state index is 13.4. The smallest absolute Gasteiger partial charge is 0.203 e. The van der Waals surface area contributed by atoms with Gasteiger partial charge in [-0.05, 0) is 17.7 Å². The molecule has 33 heavy (non-hydrogen) atoms. The number of carbonyl (C=O) groups excluding carboxylic acids is 1. The van der Waals surface area contributed by atoms with Gasteiger partial charge in [0.15, 0.2) is 44.1 Å². The molecule has 0 unspecified atom stereocenters. The molecular weight excluding hydrogens is 436 g/mol. The molecule has 3 rings (SSSR count). The van der Waals surface area contributed by atoms with Gasteiger partial charge in [0.2, 0.25) is 5.78 Å². The molecule has 2 atom stereocenters. The number of ketones is 1. The second kappa shape index (κ2) is 11.7. The largest absolute Gasteiger partial charge is 0.493 e. The SMILES string of the molecule is COCOc1cc(OCOC)c2c(c1)O[C@@H](c1ccc(OCOC)c(OC)c1)[C@H](OC)C2=O. The Bertz CT molecular complexity index is 945. The molecule has 0 N–H and O–H groups in total. The van der Waals surface area contributed by atoms with E-state index in [4.69, 9.17) is 42.6 Å². The Hall–Kier alpha value is -3.05. The zero-order chi connectivity index (χ0) is 23.8. The molecule has 1 aliphatic heterocycles. The van der Waals surface area contributed by atoms with Crippen molar-refractivity contribution in [2.24, 2.45) is 0 Å². The van der Waals surface area contributed by atoms with Gasteiger partial charge >= 0.3 is 0 Å². The van der Waals surface area contributed by atoms with Crippen LogP contribution >= 0.6 is 0 Å². The highest BCUT2D eigenvalue weighted by molar-refractivity contribution is 6.06. The van der Waals surface area contributed by atoms with Crippen LogP contribution in [0.4, 0.5) is 0 Å². The molecule has 0 fully saturated rings. The Labute approximate surface area is 192 Å². The monoisotopic (exact) mass is 464 g/mol. The van der Waals surface area contributed by atoms with Gasteiger partial charge in [-0.25, -0.2) is 0 Å². The van der Waals surface area contributed by atoms with Crippen molar-refractivity contribution in [1.29, 1.82) is 0 Å². The Balaban J connectivity index is 2.02. The van der Waals surface area contributed by atoms with Crippen LogP contribution in [0.15, 0.2) is 30.3 Å². The van der Waals surface area contributed by atoms with E-state index in [9.17, 15) is 4.79 Å². The molecule has 180 valence electrons. The first kappa shape index (κ1) is 24.6. The van der Waals surface area contributed by atoms with Crippen LogP contribution in [0, 0.1) is 0 Å². The molecule has 0 aromatic heterocycles. The minimum atomic E-state index is -0.927. The Morgan fingerprint density at radius 2 is 1.45 bits per heavy atom. The molecule has 2 aromatic rings. The molecule has 0 bridgehead atoms. The molecule has 0 saturated heterocycles. The number of hydrogen-bond donors (Lipinski definition) is 0. The van der Waals surface area contributed by atoms with Crippen LogP contribution in [-0.2, 0) is 18.9 Å². The van der Waals surface area contributed by atoms with Crippen LogP contribution in [0.5, 0.6) is 28.7 Å². The summed E-state index contributed by atoms with van der Waals surface area (Å²) in [6.07, 6.45) is -1.68. The van der Waals surface area contributed by atoms with E-state index in [-0.39, 0.29) is 43.2 Å². The second-order valence-corrected chi connectivity index (χ2v) is 6.92. The normalized spacial score (nSPS) is 17.2. The summed E-state index contributed by atoms with van der Waals surface area (Å²) in [5.41, 5.74) is 0.900. The van der Waals surface area contributed by atoms with Crippen LogP contribution in [0.2, 0.25) is 0 Å². The molecular formula is C23H28O10. The third-order valence-electron chi connectivity index (χ3n) is 4.85. The van der Waals surface area contributed by atoms with E-state index >= 15 is 0 Å². The lowest BCUT2D eigenvalue weighted by atomic mass is 9.92. The first-order valence-corrected chi connectivity index (χ1v) is 10.0. The first-order valence-electron chi connectivity index (χ1n) is 10.0. The molecule has 0 spiro atoms. The number of hydrogen-bond acceptors (Lipinski definition) is 10. The predicted molar refractivity (Wildman–Crippen MR) is 115 cm³/mol. The third kappa shape index (κ3) is 5.48. The van der Waals surface area contributed by atoms with Crippen molar-refractivity contribution in [3.8, 4) is 28.7 Å². The number of Topliss-reactive ketones (excluding diaryl/α,β-unsaturated/α-hetero) is 1. The van der Waals surface area contributed by atoms with Crippen molar-refractivity contribution in [2.75, 3.05) is 55.9 Å². The van der Waals surface area contributed by atoms with E-state index in [1.807, 2.05) is 0 Å². The topological polar surface area (TPSA) is 100 Å². The van der Waals surface area contributed by atoms with Crippen LogP contribution in [0.1, 0.15) is 22.0 Å². The second-order valence-electron chi connectivity index (χ2n) is 6.92. The maximum absolute atomic E-state index is 13.4. The van der Waals surface area contributed by atoms with Gasteiger partial charge in [0.25, 0.3) is 0 Å². The average Bonchev–Trinajstić information content (AvgIpc) is 2.84. The highest BCUT2D eigenvalue weighted by Crippen LogP contribution is 2.44. The summed E-state index contributed by atoms with van der Waals surface area (Å²) in [7, 11) is 7.49. The predicted octanol–water partition coefficient (Wildman–Crippen LogP) is 2.97. The summed E-state index contributed by atoms with van der Waals surface area (Å²) in [5.74, 6) is 1.60. The number of carbonyl (C=O) groups is 1. The lowest BCUT2D eigenvalue weighted by Gasteiger charge is -2.33. The molecule has 2 aromatic carbocycles. The highest BCUT2D eigenvalue weighted by atomic mass is 16.7. The number of ether oxygens (including phenoxy) is 9. The van der Waals surface area contributed by atoms with Gasteiger partial charge < -0.3 is 42.6 Å². The van der Waals surface area contributed by atoms with Crippen molar-refractivity contribution < 1.29 is 47.4 Å². The minimum absolute atomic E-state index is 0.0146. The van der Waals surface area contributed by atoms with Crippen molar-refractivity contribution in [2.45, 2.75) is 12.2 Å². The van der Waals surface area contributed by atoms with E-state index < -0.39 is 12.2 Å². The summed E-state index contributed by atoms with van der Waals surface area (Å²) in [5, 5.41) is 0. The van der Waals surface area contributed by atoms with Gasteiger partial charge in [0.05, 0.1) is 7.11 Å². The quantitative estimate of drug-likeness (QED) is 0.436. The first-order chi connectivity index (χ1) is 16.1. The van der Waals surface area contributed by atoms with E-state index in [1.165, 1.54) is 35.5 Å². The van der Waals surface area contributed by atoms with Crippen LogP contribution < -0.4 is 23.7 Å². The summed E-state index contributed by atoms with van der Waals surface area (Å²) in [6, 6.07) is 8.41. The molecule has 10 heteroatoms. The van der Waals surface area contributed by atoms with E-state index in [2.05, 4.69) is 0 Å². The van der Waals surface area contributed by atoms with E-state index in [1.54, 1.807) is 30.3 Å². The van der Waals surface area contributed by atoms with Crippen LogP contribution in [0.25, 0.3) is 0 Å². The van der Waals surface area contributed by atoms with Gasteiger partial charge in [-0.15, -0.1) is 0 Å². The summed E-state index contributed by atoms with van der Waals surface area (Å²) in [4.78, 5) is 13.4. The Morgan fingerprint density at radius 1 is 0.788 bits per heavy atom. The van der Waals surface area contributed by atoms with E-state index in [0.717, 1.165) is 0 Å². The fourth-order valence-electron chi connectivity index (χ4n) is 3.40. The molecule has 1 heterocycles. The third-order valence-corrected chi connectivity index (χ3v) is 4.85. The van der Waals surface area contributed by atoms with Gasteiger partial charge in [-0.3, -0.25) is 4.79 Å². The lowest BCUT2D eigenvalue weighted by Crippen LogP contribution is -2.38. The zero-order valence-electron chi connectivity index (χ0n) is 19.2. The summed E-state index contributed by atoms with van der Waals surface area (Å²) < 4.78 is 48.8. The van der Waals surface area contributed by atoms with Crippen molar-refractivity contribution in [1.82, 2.24) is 0 Å². The molecule has 0 radical (unpaired) electrons. The lowest BCUT2D eigenvalue weighted by molar-refractivity contribution is -0.00286. The zero-order valence-corrected chi connectivity index (χ0v) is 19.2. The van der Waals surface area contributed by atoms with Gasteiger partial charge in [-0.2, -0.15) is 0 Å². The standard InChI is InChI=1S/C23H28O10/c1-25-11-30-15-9-18(32-13-27-3)20-19(10-15)33-22(23(29-5)21(20)24)14-6-7-16(31-12-26-2)17(8-14)28-4/h6-10,22-23H,11-13H2,1-5H3/t22-,23+/m0/s1. The summed E-state index contributed by atoms with van der Waals surface area (Å²) >= 11 is 0. The fourth-order valence-corrected chi connectivity index (χ4v) is 3.40.